The number of ether oxygens (including phenoxy) is 1. The van der Waals surface area contributed by atoms with Gasteiger partial charge in [-0.1, -0.05) is 50.9 Å². The van der Waals surface area contributed by atoms with Crippen molar-refractivity contribution in [1.29, 1.82) is 0 Å². The molecule has 0 saturated heterocycles. The molecular formula is C17H19Br2NO. The molecule has 0 spiro atoms. The molecule has 2 rings (SSSR count). The van der Waals surface area contributed by atoms with Crippen molar-refractivity contribution in [3.05, 3.63) is 56.5 Å². The van der Waals surface area contributed by atoms with Crippen LogP contribution in [0.4, 0.5) is 0 Å². The minimum atomic E-state index is 0.195. The number of nitrogens with two attached hydrogens (primary N) is 1. The molecule has 4 heteroatoms. The third-order valence-electron chi connectivity index (χ3n) is 3.41. The molecule has 2 N–H and O–H groups in total. The fourth-order valence-corrected chi connectivity index (χ4v) is 2.85. The summed E-state index contributed by atoms with van der Waals surface area (Å²) in [4.78, 5) is 0. The highest BCUT2D eigenvalue weighted by molar-refractivity contribution is 9.10. The highest BCUT2D eigenvalue weighted by Crippen LogP contribution is 2.31. The van der Waals surface area contributed by atoms with E-state index >= 15 is 0 Å². The standard InChI is InChI=1S/C17H19Br2NO/c1-3-14(20)8-12-5-7-15(10-16(12)19)21-17-9-13(18)6-4-11(17)2/h4-7,9-10,14H,3,8,20H2,1-2H3. The fourth-order valence-electron chi connectivity index (χ4n) is 1.99. The molecule has 0 radical (unpaired) electrons. The minimum absolute atomic E-state index is 0.195. The summed E-state index contributed by atoms with van der Waals surface area (Å²) in [7, 11) is 0. The summed E-state index contributed by atoms with van der Waals surface area (Å²) < 4.78 is 8.01. The molecule has 2 aromatic rings. The molecule has 1 unspecified atom stereocenters. The van der Waals surface area contributed by atoms with Gasteiger partial charge in [-0.05, 0) is 55.2 Å². The Labute approximate surface area is 143 Å². The SMILES string of the molecule is CCC(N)Cc1ccc(Oc2cc(Br)ccc2C)cc1Br. The maximum absolute atomic E-state index is 6.01. The lowest BCUT2D eigenvalue weighted by Crippen LogP contribution is -2.21. The number of hydrogen-bond acceptors (Lipinski definition) is 2. The van der Waals surface area contributed by atoms with Crippen LogP contribution in [0.1, 0.15) is 24.5 Å². The summed E-state index contributed by atoms with van der Waals surface area (Å²) in [5, 5.41) is 0. The zero-order chi connectivity index (χ0) is 15.4. The summed E-state index contributed by atoms with van der Waals surface area (Å²) >= 11 is 7.07. The van der Waals surface area contributed by atoms with Crippen LogP contribution >= 0.6 is 31.9 Å². The topological polar surface area (TPSA) is 35.2 Å². The number of rotatable bonds is 5. The molecule has 0 aromatic heterocycles. The van der Waals surface area contributed by atoms with Crippen molar-refractivity contribution in [3.8, 4) is 11.5 Å². The highest BCUT2D eigenvalue weighted by Gasteiger charge is 2.08. The first-order valence-corrected chi connectivity index (χ1v) is 8.56. The first-order chi connectivity index (χ1) is 9.99. The predicted octanol–water partition coefficient (Wildman–Crippen LogP) is 5.59. The molecule has 0 amide bonds. The van der Waals surface area contributed by atoms with Gasteiger partial charge in [0.1, 0.15) is 11.5 Å². The van der Waals surface area contributed by atoms with Crippen LogP contribution in [0, 0.1) is 6.92 Å². The van der Waals surface area contributed by atoms with Gasteiger partial charge in [0.2, 0.25) is 0 Å². The summed E-state index contributed by atoms with van der Waals surface area (Å²) in [6.07, 6.45) is 1.84. The smallest absolute Gasteiger partial charge is 0.131 e. The Hall–Kier alpha value is -0.840. The molecule has 0 bridgehead atoms. The third-order valence-corrected chi connectivity index (χ3v) is 4.64. The van der Waals surface area contributed by atoms with Gasteiger partial charge >= 0.3 is 0 Å². The van der Waals surface area contributed by atoms with Crippen LogP contribution in [0.25, 0.3) is 0 Å². The lowest BCUT2D eigenvalue weighted by molar-refractivity contribution is 0.478. The van der Waals surface area contributed by atoms with Gasteiger partial charge in [0, 0.05) is 15.0 Å². The van der Waals surface area contributed by atoms with Crippen molar-refractivity contribution in [2.45, 2.75) is 32.7 Å². The second-order valence-corrected chi connectivity index (χ2v) is 6.91. The maximum Gasteiger partial charge on any atom is 0.131 e. The Morgan fingerprint density at radius 2 is 1.90 bits per heavy atom. The normalized spacial score (nSPS) is 12.2. The Bertz CT molecular complexity index is 628. The van der Waals surface area contributed by atoms with E-state index in [1.165, 1.54) is 5.56 Å². The van der Waals surface area contributed by atoms with E-state index in [0.717, 1.165) is 38.8 Å². The van der Waals surface area contributed by atoms with Crippen molar-refractivity contribution in [1.82, 2.24) is 0 Å². The van der Waals surface area contributed by atoms with Crippen LogP contribution in [0.5, 0.6) is 11.5 Å². The molecule has 0 fully saturated rings. The van der Waals surface area contributed by atoms with Crippen LogP contribution in [0.15, 0.2) is 45.3 Å². The lowest BCUT2D eigenvalue weighted by Gasteiger charge is -2.13. The minimum Gasteiger partial charge on any atom is -0.457 e. The van der Waals surface area contributed by atoms with Gasteiger partial charge in [-0.2, -0.15) is 0 Å². The second kappa shape index (κ2) is 7.43. The van der Waals surface area contributed by atoms with E-state index in [9.17, 15) is 0 Å². The molecule has 1 atom stereocenters. The van der Waals surface area contributed by atoms with Crippen molar-refractivity contribution in [3.63, 3.8) is 0 Å². The zero-order valence-corrected chi connectivity index (χ0v) is 15.4. The van der Waals surface area contributed by atoms with Gasteiger partial charge in [0.15, 0.2) is 0 Å². The van der Waals surface area contributed by atoms with Crippen molar-refractivity contribution in [2.24, 2.45) is 5.73 Å². The van der Waals surface area contributed by atoms with E-state index in [1.807, 2.05) is 37.3 Å². The largest absolute Gasteiger partial charge is 0.457 e. The maximum atomic E-state index is 6.01. The predicted molar refractivity (Wildman–Crippen MR) is 95.1 cm³/mol. The molecule has 0 heterocycles. The van der Waals surface area contributed by atoms with Gasteiger partial charge in [0.25, 0.3) is 0 Å². The van der Waals surface area contributed by atoms with Crippen LogP contribution in [0.3, 0.4) is 0 Å². The van der Waals surface area contributed by atoms with E-state index in [2.05, 4.69) is 44.8 Å². The van der Waals surface area contributed by atoms with Gasteiger partial charge < -0.3 is 10.5 Å². The molecule has 112 valence electrons. The van der Waals surface area contributed by atoms with Gasteiger partial charge in [-0.25, -0.2) is 0 Å². The number of aryl methyl sites for hydroxylation is 1. The Morgan fingerprint density at radius 1 is 1.14 bits per heavy atom. The molecule has 2 aromatic carbocycles. The average Bonchev–Trinajstić information content (AvgIpc) is 2.45. The second-order valence-electron chi connectivity index (χ2n) is 5.14. The van der Waals surface area contributed by atoms with Gasteiger partial charge in [0.05, 0.1) is 0 Å². The molecule has 0 aliphatic rings. The number of benzene rings is 2. The van der Waals surface area contributed by atoms with Crippen LogP contribution in [0.2, 0.25) is 0 Å². The quantitative estimate of drug-likeness (QED) is 0.694. The van der Waals surface area contributed by atoms with Crippen LogP contribution in [-0.2, 0) is 6.42 Å². The summed E-state index contributed by atoms with van der Waals surface area (Å²) in [5.74, 6) is 1.67. The number of hydrogen-bond donors (Lipinski definition) is 1. The van der Waals surface area contributed by atoms with E-state index in [-0.39, 0.29) is 6.04 Å². The van der Waals surface area contributed by atoms with Crippen LogP contribution in [-0.4, -0.2) is 6.04 Å². The monoisotopic (exact) mass is 411 g/mol. The summed E-state index contributed by atoms with van der Waals surface area (Å²) in [6, 6.07) is 12.3. The molecule has 0 aliphatic carbocycles. The molecule has 0 saturated carbocycles. The van der Waals surface area contributed by atoms with Gasteiger partial charge in [-0.3, -0.25) is 0 Å². The number of halogens is 2. The van der Waals surface area contributed by atoms with Gasteiger partial charge in [-0.15, -0.1) is 0 Å². The first-order valence-electron chi connectivity index (χ1n) is 6.97. The lowest BCUT2D eigenvalue weighted by atomic mass is 10.0. The molecular weight excluding hydrogens is 394 g/mol. The third kappa shape index (κ3) is 4.56. The van der Waals surface area contributed by atoms with Crippen LogP contribution < -0.4 is 10.5 Å². The van der Waals surface area contributed by atoms with E-state index in [4.69, 9.17) is 10.5 Å². The zero-order valence-electron chi connectivity index (χ0n) is 12.2. The summed E-state index contributed by atoms with van der Waals surface area (Å²) in [6.45, 7) is 4.14. The summed E-state index contributed by atoms with van der Waals surface area (Å²) in [5.41, 5.74) is 8.33. The van der Waals surface area contributed by atoms with Crippen molar-refractivity contribution >= 4 is 31.9 Å². The van der Waals surface area contributed by atoms with E-state index in [1.54, 1.807) is 0 Å². The Morgan fingerprint density at radius 3 is 2.57 bits per heavy atom. The Balaban J connectivity index is 2.18. The fraction of sp³-hybridized carbons (Fsp3) is 0.294. The Kier molecular flexibility index (Phi) is 5.85. The average molecular weight is 413 g/mol. The molecule has 21 heavy (non-hydrogen) atoms. The first kappa shape index (κ1) is 16.5. The van der Waals surface area contributed by atoms with Crippen molar-refractivity contribution in [2.75, 3.05) is 0 Å². The molecule has 0 aliphatic heterocycles. The molecule has 2 nitrogen and oxygen atoms in total. The highest BCUT2D eigenvalue weighted by atomic mass is 79.9. The van der Waals surface area contributed by atoms with E-state index in [0.29, 0.717) is 0 Å². The van der Waals surface area contributed by atoms with E-state index < -0.39 is 0 Å². The van der Waals surface area contributed by atoms with Crippen molar-refractivity contribution < 1.29 is 4.74 Å².